The molecule has 6 bridgehead atoms. The van der Waals surface area contributed by atoms with Gasteiger partial charge in [-0.15, -0.1) is 0 Å². The van der Waals surface area contributed by atoms with Gasteiger partial charge in [0.2, 0.25) is 5.60 Å². The first-order valence-corrected chi connectivity index (χ1v) is 12.9. The first-order chi connectivity index (χ1) is 16.6. The lowest BCUT2D eigenvalue weighted by molar-refractivity contribution is -0.179. The van der Waals surface area contributed by atoms with Crippen molar-refractivity contribution in [2.45, 2.75) is 119 Å². The van der Waals surface area contributed by atoms with Crippen LogP contribution in [0.5, 0.6) is 0 Å². The standard InChI is InChI=1S/C26H40O9/c1-14-6-4-3-5-7-20-15(2)9-21(34-20)19(28)13-22-24(30)26(32,25(31)35-22)23(29)12-18-11-16(27)10-17(8-14)33-18/h3-6,14-24,27-30,32H,7-13H2,1-2H3/b5-3?,6-4+/t14-,15+,16-,17+,18+,19+,20+,21+,22+,23-,24-,26-/m0/s1. The third-order valence-electron chi connectivity index (χ3n) is 8.02. The molecule has 9 heteroatoms. The van der Waals surface area contributed by atoms with Crippen molar-refractivity contribution in [2.24, 2.45) is 11.8 Å². The SMILES string of the molecule is C[C@@H]1C[C@H]2O[C@@H]1CC=C/C=C/[C@H](C)C[C@@H]1C[C@H](O)C[C@H](C[C@H](O)[C@@]3(O)C(=O)O[C@H](C[C@H]2O)[C@@H]3O)O1. The van der Waals surface area contributed by atoms with Crippen molar-refractivity contribution < 1.29 is 44.5 Å². The second kappa shape index (κ2) is 11.0. The Bertz CT molecular complexity index is 800. The minimum absolute atomic E-state index is 0.0637. The van der Waals surface area contributed by atoms with E-state index in [4.69, 9.17) is 14.2 Å². The Kier molecular flexibility index (Phi) is 8.37. The predicted octanol–water partition coefficient (Wildman–Crippen LogP) is 0.750. The summed E-state index contributed by atoms with van der Waals surface area (Å²) in [5.41, 5.74) is -2.54. The van der Waals surface area contributed by atoms with Gasteiger partial charge in [0.25, 0.3) is 0 Å². The number of ether oxygens (including phenoxy) is 3. The lowest BCUT2D eigenvalue weighted by atomic mass is 9.83. The molecular formula is C26H40O9. The summed E-state index contributed by atoms with van der Waals surface area (Å²) in [5, 5.41) is 53.8. The number of carbonyl (C=O) groups excluding carboxylic acids is 1. The number of carbonyl (C=O) groups is 1. The van der Waals surface area contributed by atoms with Crippen molar-refractivity contribution in [3.05, 3.63) is 24.3 Å². The number of fused-ring (bicyclic) bond motifs is 6. The lowest BCUT2D eigenvalue weighted by Crippen LogP contribution is -2.57. The largest absolute Gasteiger partial charge is 0.457 e. The summed E-state index contributed by atoms with van der Waals surface area (Å²) >= 11 is 0. The van der Waals surface area contributed by atoms with Crippen LogP contribution in [0.3, 0.4) is 0 Å². The highest BCUT2D eigenvalue weighted by Crippen LogP contribution is 2.38. The highest BCUT2D eigenvalue weighted by molar-refractivity contribution is 5.83. The van der Waals surface area contributed by atoms with Gasteiger partial charge in [0.15, 0.2) is 0 Å². The van der Waals surface area contributed by atoms with Gasteiger partial charge in [-0.25, -0.2) is 4.79 Å². The van der Waals surface area contributed by atoms with Crippen LogP contribution in [0, 0.1) is 11.8 Å². The van der Waals surface area contributed by atoms with E-state index < -0.39 is 54.3 Å². The molecule has 3 saturated heterocycles. The molecule has 9 nitrogen and oxygen atoms in total. The van der Waals surface area contributed by atoms with Crippen LogP contribution >= 0.6 is 0 Å². The number of esters is 1. The molecule has 0 aliphatic carbocycles. The van der Waals surface area contributed by atoms with Crippen molar-refractivity contribution in [2.75, 3.05) is 0 Å². The zero-order valence-electron chi connectivity index (χ0n) is 20.5. The molecule has 0 amide bonds. The van der Waals surface area contributed by atoms with Crippen molar-refractivity contribution in [1.82, 2.24) is 0 Å². The van der Waals surface area contributed by atoms with Crippen molar-refractivity contribution in [1.29, 1.82) is 0 Å². The fourth-order valence-electron chi connectivity index (χ4n) is 5.93. The summed E-state index contributed by atoms with van der Waals surface area (Å²) in [4.78, 5) is 12.6. The molecule has 4 aliphatic rings. The van der Waals surface area contributed by atoms with Gasteiger partial charge in [-0.2, -0.15) is 0 Å². The summed E-state index contributed by atoms with van der Waals surface area (Å²) in [6, 6.07) is 0. The smallest absolute Gasteiger partial charge is 0.344 e. The third kappa shape index (κ3) is 5.82. The minimum atomic E-state index is -2.54. The van der Waals surface area contributed by atoms with Gasteiger partial charge >= 0.3 is 5.97 Å². The molecule has 0 aromatic carbocycles. The molecule has 4 rings (SSSR count). The van der Waals surface area contributed by atoms with Crippen LogP contribution in [-0.4, -0.2) is 92.0 Å². The van der Waals surface area contributed by atoms with Gasteiger partial charge in [-0.05, 0) is 43.9 Å². The number of aliphatic hydroxyl groups is 5. The maximum Gasteiger partial charge on any atom is 0.344 e. The van der Waals surface area contributed by atoms with Crippen LogP contribution < -0.4 is 0 Å². The second-order valence-electron chi connectivity index (χ2n) is 11.0. The van der Waals surface area contributed by atoms with Crippen molar-refractivity contribution in [3.8, 4) is 0 Å². The average Bonchev–Trinajstić information content (AvgIpc) is 3.25. The van der Waals surface area contributed by atoms with E-state index in [1.54, 1.807) is 0 Å². The molecular weight excluding hydrogens is 456 g/mol. The minimum Gasteiger partial charge on any atom is -0.457 e. The van der Waals surface area contributed by atoms with Crippen LogP contribution in [0.4, 0.5) is 0 Å². The first-order valence-electron chi connectivity index (χ1n) is 12.9. The number of rotatable bonds is 0. The summed E-state index contributed by atoms with van der Waals surface area (Å²) < 4.78 is 17.4. The molecule has 4 aliphatic heterocycles. The molecule has 3 fully saturated rings. The summed E-state index contributed by atoms with van der Waals surface area (Å²) in [6.45, 7) is 4.12. The Balaban J connectivity index is 1.55. The molecule has 0 saturated carbocycles. The Hall–Kier alpha value is -1.33. The van der Waals surface area contributed by atoms with Gasteiger partial charge < -0.3 is 39.7 Å². The third-order valence-corrected chi connectivity index (χ3v) is 8.02. The summed E-state index contributed by atoms with van der Waals surface area (Å²) in [6.07, 6.45) is 2.93. The molecule has 198 valence electrons. The molecule has 35 heavy (non-hydrogen) atoms. The predicted molar refractivity (Wildman–Crippen MR) is 125 cm³/mol. The second-order valence-corrected chi connectivity index (χ2v) is 11.0. The molecule has 0 aromatic rings. The molecule has 0 spiro atoms. The van der Waals surface area contributed by atoms with Gasteiger partial charge in [0.05, 0.1) is 42.7 Å². The fourth-order valence-corrected chi connectivity index (χ4v) is 5.93. The number of hydrogen-bond acceptors (Lipinski definition) is 9. The monoisotopic (exact) mass is 496 g/mol. The average molecular weight is 497 g/mol. The normalized spacial score (nSPS) is 50.5. The molecule has 0 radical (unpaired) electrons. The van der Waals surface area contributed by atoms with E-state index in [1.165, 1.54) is 0 Å². The molecule has 0 unspecified atom stereocenters. The zero-order chi connectivity index (χ0) is 25.3. The molecule has 12 atom stereocenters. The Morgan fingerprint density at radius 2 is 1.57 bits per heavy atom. The maximum absolute atomic E-state index is 12.6. The van der Waals surface area contributed by atoms with Crippen LogP contribution in [-0.2, 0) is 19.0 Å². The maximum atomic E-state index is 12.6. The van der Waals surface area contributed by atoms with Crippen LogP contribution in [0.1, 0.15) is 58.8 Å². The van der Waals surface area contributed by atoms with Gasteiger partial charge in [0, 0.05) is 12.8 Å². The summed E-state index contributed by atoms with van der Waals surface area (Å²) in [5.74, 6) is -0.728. The van der Waals surface area contributed by atoms with E-state index in [9.17, 15) is 30.3 Å². The van der Waals surface area contributed by atoms with Gasteiger partial charge in [-0.1, -0.05) is 38.2 Å². The topological polar surface area (TPSA) is 146 Å². The summed E-state index contributed by atoms with van der Waals surface area (Å²) in [7, 11) is 0. The van der Waals surface area contributed by atoms with Gasteiger partial charge in [-0.3, -0.25) is 0 Å². The first kappa shape index (κ1) is 26.7. The Morgan fingerprint density at radius 3 is 2.31 bits per heavy atom. The van der Waals surface area contributed by atoms with Gasteiger partial charge in [0.1, 0.15) is 12.2 Å². The van der Waals surface area contributed by atoms with E-state index in [-0.39, 0.29) is 43.3 Å². The number of hydrogen-bond donors (Lipinski definition) is 5. The lowest BCUT2D eigenvalue weighted by Gasteiger charge is -2.37. The van der Waals surface area contributed by atoms with Crippen LogP contribution in [0.15, 0.2) is 24.3 Å². The van der Waals surface area contributed by atoms with E-state index in [0.29, 0.717) is 25.7 Å². The Morgan fingerprint density at radius 1 is 0.857 bits per heavy atom. The van der Waals surface area contributed by atoms with Crippen LogP contribution in [0.25, 0.3) is 0 Å². The quantitative estimate of drug-likeness (QED) is 0.307. The number of aliphatic hydroxyl groups excluding tert-OH is 4. The van der Waals surface area contributed by atoms with Crippen molar-refractivity contribution >= 4 is 5.97 Å². The number of allylic oxidation sites excluding steroid dienone is 3. The zero-order valence-corrected chi connectivity index (χ0v) is 20.5. The van der Waals surface area contributed by atoms with E-state index in [0.717, 1.165) is 0 Å². The molecule has 4 heterocycles. The van der Waals surface area contributed by atoms with E-state index >= 15 is 0 Å². The molecule has 0 aromatic heterocycles. The highest BCUT2D eigenvalue weighted by atomic mass is 16.6. The van der Waals surface area contributed by atoms with E-state index in [2.05, 4.69) is 19.9 Å². The van der Waals surface area contributed by atoms with E-state index in [1.807, 2.05) is 18.2 Å². The fraction of sp³-hybridized carbons (Fsp3) is 0.808. The highest BCUT2D eigenvalue weighted by Gasteiger charge is 2.61. The van der Waals surface area contributed by atoms with Crippen molar-refractivity contribution in [3.63, 3.8) is 0 Å². The Labute approximate surface area is 206 Å². The van der Waals surface area contributed by atoms with Crippen LogP contribution in [0.2, 0.25) is 0 Å². The molecule has 5 N–H and O–H groups in total.